The van der Waals surface area contributed by atoms with Gasteiger partial charge in [-0.05, 0) is 70.2 Å². The Labute approximate surface area is 127 Å². The van der Waals surface area contributed by atoms with Crippen LogP contribution in [0.5, 0.6) is 5.75 Å². The maximum atomic E-state index is 12.3. The molecule has 2 unspecified atom stereocenters. The summed E-state index contributed by atoms with van der Waals surface area (Å²) < 4.78 is 5.62. The third-order valence-electron chi connectivity index (χ3n) is 4.37. The molecule has 2 amide bonds. The number of carbonyl (C=O) groups excluding carboxylic acids is 1. The number of likely N-dealkylation sites (tertiary alicyclic amines) is 1. The van der Waals surface area contributed by atoms with E-state index in [1.165, 1.54) is 17.5 Å². The van der Waals surface area contributed by atoms with E-state index in [2.05, 4.69) is 33.0 Å². The zero-order chi connectivity index (χ0) is 15.4. The number of carbonyl (C=O) groups is 1. The van der Waals surface area contributed by atoms with Crippen molar-refractivity contribution < 1.29 is 9.53 Å². The van der Waals surface area contributed by atoms with Gasteiger partial charge in [0.2, 0.25) is 0 Å². The summed E-state index contributed by atoms with van der Waals surface area (Å²) in [6.07, 6.45) is 3.36. The van der Waals surface area contributed by atoms with Gasteiger partial charge in [-0.2, -0.15) is 0 Å². The summed E-state index contributed by atoms with van der Waals surface area (Å²) in [6, 6.07) is 6.53. The molecule has 0 radical (unpaired) electrons. The van der Waals surface area contributed by atoms with E-state index in [4.69, 9.17) is 4.74 Å². The van der Waals surface area contributed by atoms with Crippen molar-refractivity contribution in [1.29, 1.82) is 0 Å². The predicted molar refractivity (Wildman–Crippen MR) is 84.6 cm³/mol. The maximum Gasteiger partial charge on any atom is 0.320 e. The molecule has 0 aliphatic carbocycles. The van der Waals surface area contributed by atoms with Crippen molar-refractivity contribution in [2.75, 3.05) is 6.73 Å². The van der Waals surface area contributed by atoms with Gasteiger partial charge in [0.1, 0.15) is 5.75 Å². The summed E-state index contributed by atoms with van der Waals surface area (Å²) in [5.41, 5.74) is 2.43. The van der Waals surface area contributed by atoms with Gasteiger partial charge in [0.05, 0.1) is 0 Å². The van der Waals surface area contributed by atoms with Gasteiger partial charge >= 0.3 is 6.03 Å². The van der Waals surface area contributed by atoms with E-state index in [0.717, 1.165) is 18.6 Å². The van der Waals surface area contributed by atoms with E-state index >= 15 is 0 Å². The molecule has 116 valence electrons. The Morgan fingerprint density at radius 2 is 1.90 bits per heavy atom. The molecule has 1 aliphatic rings. The predicted octanol–water partition coefficient (Wildman–Crippen LogP) is 3.61. The van der Waals surface area contributed by atoms with Crippen LogP contribution in [0, 0.1) is 13.8 Å². The monoisotopic (exact) mass is 290 g/mol. The summed E-state index contributed by atoms with van der Waals surface area (Å²) in [4.78, 5) is 14.2. The smallest absolute Gasteiger partial charge is 0.320 e. The first-order chi connectivity index (χ1) is 9.99. The van der Waals surface area contributed by atoms with E-state index in [1.54, 1.807) is 0 Å². The molecule has 1 fully saturated rings. The minimum absolute atomic E-state index is 0.0291. The highest BCUT2D eigenvalue weighted by molar-refractivity contribution is 5.74. The van der Waals surface area contributed by atoms with Gasteiger partial charge in [-0.15, -0.1) is 0 Å². The average molecular weight is 290 g/mol. The molecule has 4 heteroatoms. The van der Waals surface area contributed by atoms with Gasteiger partial charge in [0.15, 0.2) is 6.73 Å². The third kappa shape index (κ3) is 3.90. The van der Waals surface area contributed by atoms with E-state index in [1.807, 2.05) is 23.1 Å². The minimum atomic E-state index is -0.0291. The summed E-state index contributed by atoms with van der Waals surface area (Å²) in [6.45, 7) is 8.55. The number of hydrogen-bond donors (Lipinski definition) is 1. The molecule has 1 N–H and O–H groups in total. The maximum absolute atomic E-state index is 12.3. The fourth-order valence-electron chi connectivity index (χ4n) is 2.90. The van der Waals surface area contributed by atoms with Crippen LogP contribution >= 0.6 is 0 Å². The van der Waals surface area contributed by atoms with Gasteiger partial charge < -0.3 is 15.0 Å². The zero-order valence-corrected chi connectivity index (χ0v) is 13.5. The Morgan fingerprint density at radius 3 is 2.52 bits per heavy atom. The van der Waals surface area contributed by atoms with Crippen molar-refractivity contribution >= 4 is 6.03 Å². The van der Waals surface area contributed by atoms with Crippen LogP contribution in [0.25, 0.3) is 0 Å². The van der Waals surface area contributed by atoms with Crippen LogP contribution in [0.3, 0.4) is 0 Å². The van der Waals surface area contributed by atoms with Crippen molar-refractivity contribution in [3.05, 3.63) is 29.3 Å². The van der Waals surface area contributed by atoms with Crippen LogP contribution in [0.1, 0.15) is 44.2 Å². The fraction of sp³-hybridized carbons (Fsp3) is 0.588. The molecule has 0 saturated carbocycles. The zero-order valence-electron chi connectivity index (χ0n) is 13.5. The van der Waals surface area contributed by atoms with Gasteiger partial charge in [-0.25, -0.2) is 4.79 Å². The van der Waals surface area contributed by atoms with Gasteiger partial charge in [-0.3, -0.25) is 0 Å². The summed E-state index contributed by atoms with van der Waals surface area (Å²) in [5.74, 6) is 0.790. The van der Waals surface area contributed by atoms with Crippen LogP contribution in [-0.2, 0) is 0 Å². The highest BCUT2D eigenvalue weighted by atomic mass is 16.5. The molecule has 1 aromatic rings. The van der Waals surface area contributed by atoms with Crippen molar-refractivity contribution in [1.82, 2.24) is 10.2 Å². The van der Waals surface area contributed by atoms with Gasteiger partial charge in [-0.1, -0.05) is 6.07 Å². The molecule has 1 aromatic carbocycles. The number of nitrogens with zero attached hydrogens (tertiary/aromatic N) is 1. The third-order valence-corrected chi connectivity index (χ3v) is 4.37. The number of urea groups is 1. The lowest BCUT2D eigenvalue weighted by atomic mass is 9.98. The molecule has 4 nitrogen and oxygen atoms in total. The first-order valence-electron chi connectivity index (χ1n) is 7.75. The lowest BCUT2D eigenvalue weighted by molar-refractivity contribution is 0.117. The van der Waals surface area contributed by atoms with Gasteiger partial charge in [0, 0.05) is 12.1 Å². The number of rotatable bonds is 3. The summed E-state index contributed by atoms with van der Waals surface area (Å²) >= 11 is 0. The van der Waals surface area contributed by atoms with Crippen molar-refractivity contribution in [3.63, 3.8) is 0 Å². The highest BCUT2D eigenvalue weighted by Crippen LogP contribution is 2.22. The number of hydrogen-bond acceptors (Lipinski definition) is 2. The molecule has 21 heavy (non-hydrogen) atoms. The molecule has 1 aliphatic heterocycles. The van der Waals surface area contributed by atoms with Crippen molar-refractivity contribution in [2.45, 2.75) is 59.0 Å². The van der Waals surface area contributed by atoms with Crippen LogP contribution in [-0.4, -0.2) is 29.7 Å². The Kier molecular flexibility index (Phi) is 5.10. The van der Waals surface area contributed by atoms with E-state index in [-0.39, 0.29) is 12.8 Å². The largest absolute Gasteiger partial charge is 0.473 e. The molecule has 2 rings (SSSR count). The number of piperidine rings is 1. The normalized spacial score (nSPS) is 22.0. The Morgan fingerprint density at radius 1 is 1.24 bits per heavy atom. The second-order valence-electron chi connectivity index (χ2n) is 6.05. The number of ether oxygens (including phenoxy) is 1. The SMILES string of the molecule is Cc1ccc(OCNC(=O)N2C(C)CCCC2C)cc1C. The van der Waals surface area contributed by atoms with E-state index in [9.17, 15) is 4.79 Å². The Bertz CT molecular complexity index is 492. The first-order valence-corrected chi connectivity index (χ1v) is 7.75. The van der Waals surface area contributed by atoms with Crippen LogP contribution in [0.15, 0.2) is 18.2 Å². The second kappa shape index (κ2) is 6.83. The molecular weight excluding hydrogens is 264 g/mol. The molecule has 0 spiro atoms. The molecule has 0 aromatic heterocycles. The van der Waals surface area contributed by atoms with E-state index < -0.39 is 0 Å². The summed E-state index contributed by atoms with van der Waals surface area (Å²) in [7, 11) is 0. The molecule has 1 saturated heterocycles. The number of benzene rings is 1. The lowest BCUT2D eigenvalue weighted by Crippen LogP contribution is -2.52. The fourth-order valence-corrected chi connectivity index (χ4v) is 2.90. The van der Waals surface area contributed by atoms with Crippen LogP contribution in [0.4, 0.5) is 4.79 Å². The number of amides is 2. The Balaban J connectivity index is 1.84. The van der Waals surface area contributed by atoms with Gasteiger partial charge in [0.25, 0.3) is 0 Å². The lowest BCUT2D eigenvalue weighted by Gasteiger charge is -2.38. The summed E-state index contributed by atoms with van der Waals surface area (Å²) in [5, 5.41) is 2.86. The quantitative estimate of drug-likeness (QED) is 0.864. The first kappa shape index (κ1) is 15.7. The van der Waals surface area contributed by atoms with Crippen LogP contribution in [0.2, 0.25) is 0 Å². The minimum Gasteiger partial charge on any atom is -0.473 e. The second-order valence-corrected chi connectivity index (χ2v) is 6.05. The number of aryl methyl sites for hydroxylation is 2. The topological polar surface area (TPSA) is 41.6 Å². The average Bonchev–Trinajstić information content (AvgIpc) is 2.42. The molecular formula is C17H26N2O2. The molecule has 2 atom stereocenters. The Hall–Kier alpha value is -1.71. The van der Waals surface area contributed by atoms with Crippen molar-refractivity contribution in [3.8, 4) is 5.75 Å². The van der Waals surface area contributed by atoms with E-state index in [0.29, 0.717) is 12.1 Å². The highest BCUT2D eigenvalue weighted by Gasteiger charge is 2.28. The molecule has 1 heterocycles. The standard InChI is InChI=1S/C17H26N2O2/c1-12-8-9-16(10-13(12)2)21-11-18-17(20)19-14(3)6-5-7-15(19)4/h8-10,14-15H,5-7,11H2,1-4H3,(H,18,20). The number of nitrogens with one attached hydrogen (secondary N) is 1. The molecule has 0 bridgehead atoms. The van der Waals surface area contributed by atoms with Crippen molar-refractivity contribution in [2.24, 2.45) is 0 Å². The van der Waals surface area contributed by atoms with Crippen LogP contribution < -0.4 is 10.1 Å².